The number of hydrogen-bond acceptors (Lipinski definition) is 1. The van der Waals surface area contributed by atoms with Gasteiger partial charge in [0.05, 0.1) is 11.5 Å². The van der Waals surface area contributed by atoms with Gasteiger partial charge in [-0.3, -0.25) is 0 Å². The van der Waals surface area contributed by atoms with E-state index < -0.39 is 0 Å². The third-order valence-corrected chi connectivity index (χ3v) is 7.06. The Bertz CT molecular complexity index is 467. The lowest BCUT2D eigenvalue weighted by atomic mass is 9.62. The van der Waals surface area contributed by atoms with Crippen LogP contribution in [0, 0.1) is 40.4 Å². The van der Waals surface area contributed by atoms with Gasteiger partial charge < -0.3 is 0 Å². The molecule has 0 bridgehead atoms. The van der Waals surface area contributed by atoms with Crippen molar-refractivity contribution in [1.82, 2.24) is 0 Å². The van der Waals surface area contributed by atoms with E-state index in [1.165, 1.54) is 64.2 Å². The average Bonchev–Trinajstić information content (AvgIpc) is 2.63. The first kappa shape index (κ1) is 16.8. The molecular formula is C22H33N. The summed E-state index contributed by atoms with van der Waals surface area (Å²) in [6, 6.07) is 2.66. The largest absolute Gasteiger partial charge is 0.197 e. The van der Waals surface area contributed by atoms with Gasteiger partial charge in [0.25, 0.3) is 0 Å². The fourth-order valence-corrected chi connectivity index (χ4v) is 5.58. The van der Waals surface area contributed by atoms with E-state index in [4.69, 9.17) is 0 Å². The van der Waals surface area contributed by atoms with Crippen molar-refractivity contribution in [2.24, 2.45) is 29.1 Å². The second-order valence-electron chi connectivity index (χ2n) is 8.32. The molecule has 0 aliphatic heterocycles. The second-order valence-corrected chi connectivity index (χ2v) is 8.32. The molecule has 0 heterocycles. The van der Waals surface area contributed by atoms with Crippen LogP contribution < -0.4 is 0 Å². The van der Waals surface area contributed by atoms with E-state index in [0.717, 1.165) is 24.2 Å². The van der Waals surface area contributed by atoms with Crippen molar-refractivity contribution >= 4 is 0 Å². The molecule has 126 valence electrons. The third-order valence-electron chi connectivity index (χ3n) is 7.06. The predicted molar refractivity (Wildman–Crippen MR) is 96.7 cm³/mol. The van der Waals surface area contributed by atoms with Gasteiger partial charge in [-0.05, 0) is 68.6 Å². The van der Waals surface area contributed by atoms with Crippen molar-refractivity contribution < 1.29 is 0 Å². The molecule has 1 atom stereocenters. The Morgan fingerprint density at radius 3 is 2.13 bits per heavy atom. The number of nitriles is 1. The van der Waals surface area contributed by atoms with Gasteiger partial charge in [0.15, 0.2) is 0 Å². The van der Waals surface area contributed by atoms with E-state index in [1.807, 2.05) is 0 Å². The van der Waals surface area contributed by atoms with Crippen molar-refractivity contribution in [3.05, 3.63) is 24.3 Å². The number of rotatable bonds is 4. The van der Waals surface area contributed by atoms with Gasteiger partial charge in [0.1, 0.15) is 0 Å². The van der Waals surface area contributed by atoms with Crippen LogP contribution in [0.5, 0.6) is 0 Å². The Labute approximate surface area is 142 Å². The van der Waals surface area contributed by atoms with Crippen molar-refractivity contribution in [3.8, 4) is 6.07 Å². The zero-order chi connectivity index (χ0) is 16.1. The van der Waals surface area contributed by atoms with Crippen molar-refractivity contribution in [1.29, 1.82) is 5.26 Å². The summed E-state index contributed by atoms with van der Waals surface area (Å²) in [7, 11) is 0. The predicted octanol–water partition coefficient (Wildman–Crippen LogP) is 6.43. The first-order valence-corrected chi connectivity index (χ1v) is 10.0. The molecule has 3 rings (SSSR count). The molecule has 0 spiro atoms. The SMILES string of the molecule is CCC[C@H]1CC[C@H]([C@H]2CC[C@H](C3(C#N)C=CC=CC3)CC2)CC1. The number of hydrogen-bond donors (Lipinski definition) is 0. The lowest BCUT2D eigenvalue weighted by Crippen LogP contribution is -2.33. The van der Waals surface area contributed by atoms with E-state index in [1.54, 1.807) is 0 Å². The van der Waals surface area contributed by atoms with E-state index in [0.29, 0.717) is 5.92 Å². The minimum atomic E-state index is -0.196. The van der Waals surface area contributed by atoms with E-state index in [9.17, 15) is 5.26 Å². The van der Waals surface area contributed by atoms with E-state index in [2.05, 4.69) is 37.3 Å². The fraction of sp³-hybridized carbons (Fsp3) is 0.773. The van der Waals surface area contributed by atoms with Crippen LogP contribution in [-0.4, -0.2) is 0 Å². The Morgan fingerprint density at radius 2 is 1.61 bits per heavy atom. The second kappa shape index (κ2) is 7.69. The van der Waals surface area contributed by atoms with Crippen LogP contribution in [0.4, 0.5) is 0 Å². The van der Waals surface area contributed by atoms with Crippen molar-refractivity contribution in [2.45, 2.75) is 77.6 Å². The summed E-state index contributed by atoms with van der Waals surface area (Å²) < 4.78 is 0. The quantitative estimate of drug-likeness (QED) is 0.587. The molecule has 3 aliphatic rings. The minimum absolute atomic E-state index is 0.196. The Hall–Kier alpha value is -1.03. The van der Waals surface area contributed by atoms with Crippen LogP contribution in [0.1, 0.15) is 77.6 Å². The topological polar surface area (TPSA) is 23.8 Å². The third kappa shape index (κ3) is 3.73. The first-order chi connectivity index (χ1) is 11.3. The Morgan fingerprint density at radius 1 is 0.957 bits per heavy atom. The highest BCUT2D eigenvalue weighted by molar-refractivity contribution is 5.25. The average molecular weight is 312 g/mol. The Balaban J connectivity index is 1.50. The molecule has 2 saturated carbocycles. The highest BCUT2D eigenvalue weighted by Crippen LogP contribution is 2.48. The standard InChI is InChI=1S/C22H33N/c1-2-6-18-7-9-19(10-8-18)20-11-13-21(14-12-20)22(17-23)15-4-3-5-16-22/h3-5,15,18-21H,2,6-14,16H2,1H3/t18-,19-,20-,21-,22?. The summed E-state index contributed by atoms with van der Waals surface area (Å²) in [5, 5.41) is 9.75. The molecule has 0 aromatic heterocycles. The highest BCUT2D eigenvalue weighted by Gasteiger charge is 2.40. The molecule has 2 fully saturated rings. The zero-order valence-corrected chi connectivity index (χ0v) is 14.8. The molecule has 0 radical (unpaired) electrons. The monoisotopic (exact) mass is 311 g/mol. The van der Waals surface area contributed by atoms with Gasteiger partial charge in [0.2, 0.25) is 0 Å². The zero-order valence-electron chi connectivity index (χ0n) is 14.8. The Kier molecular flexibility index (Phi) is 5.62. The highest BCUT2D eigenvalue weighted by atomic mass is 14.5. The summed E-state index contributed by atoms with van der Waals surface area (Å²) >= 11 is 0. The fourth-order valence-electron chi connectivity index (χ4n) is 5.58. The minimum Gasteiger partial charge on any atom is -0.197 e. The molecule has 0 amide bonds. The molecule has 1 heteroatoms. The summed E-state index contributed by atoms with van der Waals surface area (Å²) in [4.78, 5) is 0. The van der Waals surface area contributed by atoms with Gasteiger partial charge in [-0.1, -0.05) is 56.9 Å². The van der Waals surface area contributed by atoms with E-state index >= 15 is 0 Å². The molecule has 0 aromatic carbocycles. The molecular weight excluding hydrogens is 278 g/mol. The van der Waals surface area contributed by atoms with Crippen LogP contribution in [0.15, 0.2) is 24.3 Å². The molecule has 1 unspecified atom stereocenters. The number of nitrogens with zero attached hydrogens (tertiary/aromatic N) is 1. The molecule has 1 nitrogen and oxygen atoms in total. The van der Waals surface area contributed by atoms with E-state index in [-0.39, 0.29) is 5.41 Å². The summed E-state index contributed by atoms with van der Waals surface area (Å²) in [5.41, 5.74) is -0.196. The van der Waals surface area contributed by atoms with Crippen LogP contribution in [0.25, 0.3) is 0 Å². The molecule has 0 saturated heterocycles. The molecule has 0 aromatic rings. The molecule has 3 aliphatic carbocycles. The van der Waals surface area contributed by atoms with Gasteiger partial charge in [0, 0.05) is 0 Å². The van der Waals surface area contributed by atoms with Gasteiger partial charge in [-0.25, -0.2) is 0 Å². The van der Waals surface area contributed by atoms with Crippen LogP contribution in [0.2, 0.25) is 0 Å². The molecule has 23 heavy (non-hydrogen) atoms. The van der Waals surface area contributed by atoms with Crippen LogP contribution in [-0.2, 0) is 0 Å². The first-order valence-electron chi connectivity index (χ1n) is 10.0. The van der Waals surface area contributed by atoms with Crippen molar-refractivity contribution in [2.75, 3.05) is 0 Å². The van der Waals surface area contributed by atoms with Gasteiger partial charge in [-0.2, -0.15) is 5.26 Å². The lowest BCUT2D eigenvalue weighted by molar-refractivity contribution is 0.117. The molecule has 0 N–H and O–H groups in total. The maximum atomic E-state index is 9.75. The van der Waals surface area contributed by atoms with Crippen LogP contribution in [0.3, 0.4) is 0 Å². The summed E-state index contributed by atoms with van der Waals surface area (Å²) in [6.07, 6.45) is 23.5. The maximum Gasteiger partial charge on any atom is 0.0818 e. The summed E-state index contributed by atoms with van der Waals surface area (Å²) in [6.45, 7) is 2.33. The van der Waals surface area contributed by atoms with Crippen LogP contribution >= 0.6 is 0 Å². The normalized spacial score (nSPS) is 40.7. The lowest BCUT2D eigenvalue weighted by Gasteiger charge is -2.42. The van der Waals surface area contributed by atoms with Crippen molar-refractivity contribution in [3.63, 3.8) is 0 Å². The number of allylic oxidation sites excluding steroid dienone is 4. The van der Waals surface area contributed by atoms with Gasteiger partial charge in [-0.15, -0.1) is 0 Å². The van der Waals surface area contributed by atoms with Gasteiger partial charge >= 0.3 is 0 Å². The smallest absolute Gasteiger partial charge is 0.0818 e. The maximum absolute atomic E-state index is 9.75. The summed E-state index contributed by atoms with van der Waals surface area (Å²) in [5.74, 6) is 3.55.